The lowest BCUT2D eigenvalue weighted by Crippen LogP contribution is -2.45. The summed E-state index contributed by atoms with van der Waals surface area (Å²) >= 11 is 0. The Balaban J connectivity index is 4.04. The van der Waals surface area contributed by atoms with Gasteiger partial charge in [-0.25, -0.2) is 0 Å². The lowest BCUT2D eigenvalue weighted by Gasteiger charge is -2.33. The van der Waals surface area contributed by atoms with Crippen LogP contribution in [0.5, 0.6) is 0 Å². The maximum atomic E-state index is 3.78. The summed E-state index contributed by atoms with van der Waals surface area (Å²) in [5, 5.41) is 3.78. The third-order valence-electron chi connectivity index (χ3n) is 3.95. The molecule has 0 heterocycles. The normalized spacial score (nSPS) is 12.4. The van der Waals surface area contributed by atoms with Crippen molar-refractivity contribution in [3.63, 3.8) is 0 Å². The van der Waals surface area contributed by atoms with E-state index in [1.54, 1.807) is 0 Å². The van der Waals surface area contributed by atoms with Crippen LogP contribution in [0, 0.1) is 5.92 Å². The van der Waals surface area contributed by atoms with E-state index in [0.717, 1.165) is 5.92 Å². The van der Waals surface area contributed by atoms with Gasteiger partial charge in [0.15, 0.2) is 0 Å². The Hall–Kier alpha value is -0.0400. The Kier molecular flexibility index (Phi) is 7.26. The minimum atomic E-state index is 0.405. The van der Waals surface area contributed by atoms with Gasteiger partial charge in [-0.2, -0.15) is 0 Å². The average Bonchev–Trinajstić information content (AvgIpc) is 2.26. The van der Waals surface area contributed by atoms with E-state index >= 15 is 0 Å². The summed E-state index contributed by atoms with van der Waals surface area (Å²) in [5.41, 5.74) is 0.405. The Morgan fingerprint density at radius 2 is 1.29 bits per heavy atom. The van der Waals surface area contributed by atoms with Crippen LogP contribution in [0.3, 0.4) is 0 Å². The second-order valence-electron chi connectivity index (χ2n) is 4.40. The molecule has 0 saturated heterocycles. The van der Waals surface area contributed by atoms with Crippen LogP contribution in [0.4, 0.5) is 0 Å². The lowest BCUT2D eigenvalue weighted by atomic mass is 9.89. The van der Waals surface area contributed by atoms with Gasteiger partial charge in [-0.15, -0.1) is 0 Å². The van der Waals surface area contributed by atoms with Gasteiger partial charge < -0.3 is 5.32 Å². The first-order chi connectivity index (χ1) is 6.67. The highest BCUT2D eigenvalue weighted by Gasteiger charge is 2.23. The molecule has 14 heavy (non-hydrogen) atoms. The molecule has 0 atom stereocenters. The highest BCUT2D eigenvalue weighted by molar-refractivity contribution is 4.84. The van der Waals surface area contributed by atoms with E-state index in [2.05, 4.69) is 39.9 Å². The molecule has 0 spiro atoms. The number of nitrogens with one attached hydrogen (secondary N) is 1. The fraction of sp³-hybridized carbons (Fsp3) is 1.00. The minimum absolute atomic E-state index is 0.405. The Bertz CT molecular complexity index is 115. The zero-order valence-corrected chi connectivity index (χ0v) is 10.8. The predicted octanol–water partition coefficient (Wildman–Crippen LogP) is 3.98. The summed E-state index contributed by atoms with van der Waals surface area (Å²) in [6.45, 7) is 12.7. The molecule has 0 rings (SSSR count). The molecule has 1 nitrogen and oxygen atoms in total. The second kappa shape index (κ2) is 7.28. The van der Waals surface area contributed by atoms with Crippen molar-refractivity contribution in [2.75, 3.05) is 6.54 Å². The number of hydrogen-bond acceptors (Lipinski definition) is 1. The fourth-order valence-electron chi connectivity index (χ4n) is 2.06. The highest BCUT2D eigenvalue weighted by Crippen LogP contribution is 2.20. The van der Waals surface area contributed by atoms with Gasteiger partial charge in [0.1, 0.15) is 0 Å². The van der Waals surface area contributed by atoms with E-state index in [4.69, 9.17) is 0 Å². The van der Waals surface area contributed by atoms with Gasteiger partial charge in [-0.1, -0.05) is 47.5 Å². The molecule has 0 bridgehead atoms. The third kappa shape index (κ3) is 4.00. The number of hydrogen-bond donors (Lipinski definition) is 1. The molecule has 86 valence electrons. The highest BCUT2D eigenvalue weighted by atomic mass is 15.0. The monoisotopic (exact) mass is 199 g/mol. The van der Waals surface area contributed by atoms with Gasteiger partial charge in [-0.3, -0.25) is 0 Å². The topological polar surface area (TPSA) is 12.0 Å². The van der Waals surface area contributed by atoms with E-state index < -0.39 is 0 Å². The average molecular weight is 199 g/mol. The van der Waals surface area contributed by atoms with E-state index in [9.17, 15) is 0 Å². The molecule has 0 saturated carbocycles. The molecule has 1 N–H and O–H groups in total. The van der Waals surface area contributed by atoms with Crippen molar-refractivity contribution in [1.29, 1.82) is 0 Å². The lowest BCUT2D eigenvalue weighted by molar-refractivity contribution is 0.265. The Morgan fingerprint density at radius 3 is 1.57 bits per heavy atom. The van der Waals surface area contributed by atoms with Crippen molar-refractivity contribution >= 4 is 0 Å². The first kappa shape index (κ1) is 14.0. The van der Waals surface area contributed by atoms with Crippen LogP contribution in [-0.4, -0.2) is 12.1 Å². The van der Waals surface area contributed by atoms with E-state index in [-0.39, 0.29) is 0 Å². The SMILES string of the molecule is CCC(CC)CNC(CC)(CC)CC. The quantitative estimate of drug-likeness (QED) is 0.623. The second-order valence-corrected chi connectivity index (χ2v) is 4.40. The standard InChI is InChI=1S/C13H29N/c1-6-12(7-2)11-14-13(8-3,9-4)10-5/h12,14H,6-11H2,1-5H3. The number of rotatable bonds is 8. The van der Waals surface area contributed by atoms with Gasteiger partial charge in [-0.05, 0) is 31.7 Å². The molecule has 0 aliphatic rings. The maximum absolute atomic E-state index is 3.78. The van der Waals surface area contributed by atoms with Crippen LogP contribution >= 0.6 is 0 Å². The van der Waals surface area contributed by atoms with Crippen molar-refractivity contribution in [3.8, 4) is 0 Å². The first-order valence-corrected chi connectivity index (χ1v) is 6.42. The Morgan fingerprint density at radius 1 is 0.857 bits per heavy atom. The summed E-state index contributed by atoms with van der Waals surface area (Å²) in [4.78, 5) is 0. The molecule has 0 aromatic carbocycles. The largest absolute Gasteiger partial charge is 0.311 e. The maximum Gasteiger partial charge on any atom is 0.0173 e. The molecule has 0 aromatic heterocycles. The van der Waals surface area contributed by atoms with E-state index in [0.29, 0.717) is 5.54 Å². The molecule has 1 heteroatoms. The van der Waals surface area contributed by atoms with Gasteiger partial charge in [0.05, 0.1) is 0 Å². The first-order valence-electron chi connectivity index (χ1n) is 6.42. The van der Waals surface area contributed by atoms with Crippen LogP contribution in [0.1, 0.15) is 66.7 Å². The Labute approximate surface area is 90.7 Å². The molecular weight excluding hydrogens is 170 g/mol. The van der Waals surface area contributed by atoms with Gasteiger partial charge >= 0.3 is 0 Å². The summed E-state index contributed by atoms with van der Waals surface area (Å²) in [6.07, 6.45) is 6.36. The third-order valence-corrected chi connectivity index (χ3v) is 3.95. The zero-order valence-electron chi connectivity index (χ0n) is 10.8. The summed E-state index contributed by atoms with van der Waals surface area (Å²) < 4.78 is 0. The molecular formula is C13H29N. The van der Waals surface area contributed by atoms with Crippen molar-refractivity contribution < 1.29 is 0 Å². The molecule has 0 aliphatic heterocycles. The zero-order chi connectivity index (χ0) is 11.0. The van der Waals surface area contributed by atoms with Crippen LogP contribution in [0.15, 0.2) is 0 Å². The van der Waals surface area contributed by atoms with Crippen LogP contribution in [0.25, 0.3) is 0 Å². The van der Waals surface area contributed by atoms with Gasteiger partial charge in [0.25, 0.3) is 0 Å². The smallest absolute Gasteiger partial charge is 0.0173 e. The minimum Gasteiger partial charge on any atom is -0.311 e. The van der Waals surface area contributed by atoms with Crippen LogP contribution in [0.2, 0.25) is 0 Å². The van der Waals surface area contributed by atoms with Crippen molar-refractivity contribution in [2.24, 2.45) is 5.92 Å². The van der Waals surface area contributed by atoms with Crippen LogP contribution < -0.4 is 5.32 Å². The van der Waals surface area contributed by atoms with E-state index in [1.807, 2.05) is 0 Å². The van der Waals surface area contributed by atoms with E-state index in [1.165, 1.54) is 38.6 Å². The van der Waals surface area contributed by atoms with Crippen molar-refractivity contribution in [3.05, 3.63) is 0 Å². The van der Waals surface area contributed by atoms with Crippen molar-refractivity contribution in [1.82, 2.24) is 5.32 Å². The molecule has 0 radical (unpaired) electrons. The van der Waals surface area contributed by atoms with Crippen molar-refractivity contribution in [2.45, 2.75) is 72.3 Å². The summed E-state index contributed by atoms with van der Waals surface area (Å²) in [5.74, 6) is 0.860. The molecule has 0 unspecified atom stereocenters. The molecule has 0 fully saturated rings. The van der Waals surface area contributed by atoms with Gasteiger partial charge in [0, 0.05) is 5.54 Å². The fourth-order valence-corrected chi connectivity index (χ4v) is 2.06. The van der Waals surface area contributed by atoms with Crippen LogP contribution in [-0.2, 0) is 0 Å². The molecule has 0 aromatic rings. The molecule has 0 amide bonds. The summed E-state index contributed by atoms with van der Waals surface area (Å²) in [7, 11) is 0. The predicted molar refractivity (Wildman–Crippen MR) is 65.7 cm³/mol. The summed E-state index contributed by atoms with van der Waals surface area (Å²) in [6, 6.07) is 0. The molecule has 0 aliphatic carbocycles. The van der Waals surface area contributed by atoms with Gasteiger partial charge in [0.2, 0.25) is 0 Å².